The third-order valence-corrected chi connectivity index (χ3v) is 5.16. The molecule has 0 aliphatic carbocycles. The maximum atomic E-state index is 6.11. The van der Waals surface area contributed by atoms with E-state index >= 15 is 0 Å². The Labute approximate surface area is 129 Å². The van der Waals surface area contributed by atoms with Crippen molar-refractivity contribution in [3.63, 3.8) is 0 Å². The zero-order valence-corrected chi connectivity index (χ0v) is 13.1. The van der Waals surface area contributed by atoms with E-state index in [4.69, 9.17) is 35.4 Å². The topological polar surface area (TPSA) is 20.7 Å². The van der Waals surface area contributed by atoms with Crippen LogP contribution >= 0.6 is 46.8 Å². The fourth-order valence-corrected chi connectivity index (χ4v) is 3.62. The lowest BCUT2D eigenvalue weighted by Crippen LogP contribution is -2.04. The summed E-state index contributed by atoms with van der Waals surface area (Å²) in [7, 11) is 0. The van der Waals surface area contributed by atoms with Crippen LogP contribution in [0.5, 0.6) is 0 Å². The van der Waals surface area contributed by atoms with E-state index in [-0.39, 0.29) is 6.04 Å². The molecule has 3 rings (SSSR count). The Balaban J connectivity index is 2.26. The molecule has 3 aromatic rings. The van der Waals surface area contributed by atoms with Gasteiger partial charge < -0.3 is 9.55 Å². The number of hydrogen-bond acceptors (Lipinski definition) is 2. The van der Waals surface area contributed by atoms with Crippen LogP contribution in [0, 0.1) is 4.77 Å². The number of nitrogens with zero attached hydrogens (tertiary/aromatic N) is 1. The second kappa shape index (κ2) is 4.94. The van der Waals surface area contributed by atoms with Gasteiger partial charge in [0.25, 0.3) is 0 Å². The number of hydrogen-bond donors (Lipinski definition) is 1. The molecule has 2 heterocycles. The molecule has 1 atom stereocenters. The highest BCUT2D eigenvalue weighted by Gasteiger charge is 2.15. The summed E-state index contributed by atoms with van der Waals surface area (Å²) in [5.41, 5.74) is 1.88. The summed E-state index contributed by atoms with van der Waals surface area (Å²) in [5.74, 6) is 0. The van der Waals surface area contributed by atoms with Gasteiger partial charge in [0.05, 0.1) is 27.1 Å². The van der Waals surface area contributed by atoms with Crippen LogP contribution < -0.4 is 0 Å². The van der Waals surface area contributed by atoms with Crippen molar-refractivity contribution in [3.05, 3.63) is 49.3 Å². The van der Waals surface area contributed by atoms with Crippen molar-refractivity contribution < 1.29 is 0 Å². The average Bonchev–Trinajstić information content (AvgIpc) is 2.97. The lowest BCUT2D eigenvalue weighted by Gasteiger charge is -2.13. The first-order valence-corrected chi connectivity index (χ1v) is 7.75. The van der Waals surface area contributed by atoms with Gasteiger partial charge in [-0.3, -0.25) is 0 Å². The first-order chi connectivity index (χ1) is 9.08. The second-order valence-electron chi connectivity index (χ2n) is 4.28. The number of imidazole rings is 1. The van der Waals surface area contributed by atoms with Crippen molar-refractivity contribution >= 4 is 57.8 Å². The Bertz CT molecular complexity index is 787. The SMILES string of the molecule is CC(c1cccs1)n1c(=S)[nH]c2cc(Cl)c(Cl)cc21. The first-order valence-electron chi connectivity index (χ1n) is 5.70. The molecule has 0 fully saturated rings. The third-order valence-electron chi connectivity index (χ3n) is 3.10. The highest BCUT2D eigenvalue weighted by molar-refractivity contribution is 7.71. The van der Waals surface area contributed by atoms with Crippen LogP contribution in [0.15, 0.2) is 29.6 Å². The fourth-order valence-electron chi connectivity index (χ4n) is 2.16. The number of benzene rings is 1. The van der Waals surface area contributed by atoms with Gasteiger partial charge in [0.2, 0.25) is 0 Å². The van der Waals surface area contributed by atoms with Crippen molar-refractivity contribution in [2.24, 2.45) is 0 Å². The van der Waals surface area contributed by atoms with E-state index in [2.05, 4.69) is 27.9 Å². The summed E-state index contributed by atoms with van der Waals surface area (Å²) in [5, 5.41) is 3.13. The minimum absolute atomic E-state index is 0.165. The third kappa shape index (κ3) is 2.23. The molecule has 1 aromatic carbocycles. The molecule has 1 unspecified atom stereocenters. The highest BCUT2D eigenvalue weighted by atomic mass is 35.5. The lowest BCUT2D eigenvalue weighted by atomic mass is 10.2. The summed E-state index contributed by atoms with van der Waals surface area (Å²) in [6, 6.07) is 7.98. The monoisotopic (exact) mass is 328 g/mol. The Morgan fingerprint density at radius 2 is 2.05 bits per heavy atom. The molecule has 6 heteroatoms. The molecular weight excluding hydrogens is 319 g/mol. The second-order valence-corrected chi connectivity index (χ2v) is 6.46. The van der Waals surface area contributed by atoms with Crippen molar-refractivity contribution in [1.82, 2.24) is 9.55 Å². The Hall–Kier alpha value is -0.810. The van der Waals surface area contributed by atoms with Crippen LogP contribution in [0.3, 0.4) is 0 Å². The van der Waals surface area contributed by atoms with Crippen molar-refractivity contribution in [3.8, 4) is 0 Å². The van der Waals surface area contributed by atoms with E-state index in [1.165, 1.54) is 4.88 Å². The van der Waals surface area contributed by atoms with Gasteiger partial charge in [-0.25, -0.2) is 0 Å². The van der Waals surface area contributed by atoms with Crippen molar-refractivity contribution in [1.29, 1.82) is 0 Å². The van der Waals surface area contributed by atoms with Crippen molar-refractivity contribution in [2.75, 3.05) is 0 Å². The van der Waals surface area contributed by atoms with Crippen LogP contribution in [0.4, 0.5) is 0 Å². The van der Waals surface area contributed by atoms with Crippen LogP contribution in [-0.2, 0) is 0 Å². The zero-order valence-electron chi connectivity index (χ0n) is 9.98. The van der Waals surface area contributed by atoms with E-state index in [0.29, 0.717) is 14.8 Å². The molecule has 2 nitrogen and oxygen atoms in total. The molecule has 1 N–H and O–H groups in total. The predicted molar refractivity (Wildman–Crippen MR) is 85.3 cm³/mol. The number of aromatic nitrogens is 2. The Kier molecular flexibility index (Phi) is 3.43. The highest BCUT2D eigenvalue weighted by Crippen LogP contribution is 2.31. The molecule has 0 radical (unpaired) electrons. The first kappa shape index (κ1) is 13.2. The lowest BCUT2D eigenvalue weighted by molar-refractivity contribution is 0.661. The minimum Gasteiger partial charge on any atom is -0.331 e. The predicted octanol–water partition coefficient (Wildman–Crippen LogP) is 5.68. The van der Waals surface area contributed by atoms with Crippen LogP contribution in [-0.4, -0.2) is 9.55 Å². The van der Waals surface area contributed by atoms with Gasteiger partial charge in [-0.15, -0.1) is 11.3 Å². The zero-order chi connectivity index (χ0) is 13.6. The molecular formula is C13H10Cl2N2S2. The molecule has 0 saturated carbocycles. The Morgan fingerprint density at radius 1 is 1.32 bits per heavy atom. The quantitative estimate of drug-likeness (QED) is 0.600. The van der Waals surface area contributed by atoms with E-state index in [1.807, 2.05) is 18.2 Å². The number of nitrogens with one attached hydrogen (secondary N) is 1. The molecule has 19 heavy (non-hydrogen) atoms. The summed E-state index contributed by atoms with van der Waals surface area (Å²) in [6.07, 6.45) is 0. The van der Waals surface area contributed by atoms with Gasteiger partial charge >= 0.3 is 0 Å². The molecule has 0 aliphatic rings. The largest absolute Gasteiger partial charge is 0.331 e. The summed E-state index contributed by atoms with van der Waals surface area (Å²) >= 11 is 19.3. The standard InChI is InChI=1S/C13H10Cl2N2S2/c1-7(12-3-2-4-19-12)17-11-6-9(15)8(14)5-10(11)16-13(17)18/h2-7H,1H3,(H,16,18). The van der Waals surface area contributed by atoms with Gasteiger partial charge in [0.15, 0.2) is 4.77 Å². The van der Waals surface area contributed by atoms with Crippen LogP contribution in [0.2, 0.25) is 10.0 Å². The molecule has 0 aliphatic heterocycles. The number of fused-ring (bicyclic) bond motifs is 1. The molecule has 0 amide bonds. The van der Waals surface area contributed by atoms with Crippen LogP contribution in [0.1, 0.15) is 17.8 Å². The number of thiophene rings is 1. The fraction of sp³-hybridized carbons (Fsp3) is 0.154. The van der Waals surface area contributed by atoms with Gasteiger partial charge in [0, 0.05) is 4.88 Å². The summed E-state index contributed by atoms with van der Waals surface area (Å²) in [4.78, 5) is 4.43. The maximum Gasteiger partial charge on any atom is 0.178 e. The van der Waals surface area contributed by atoms with E-state index in [9.17, 15) is 0 Å². The van der Waals surface area contributed by atoms with E-state index in [0.717, 1.165) is 11.0 Å². The van der Waals surface area contributed by atoms with Gasteiger partial charge in [-0.1, -0.05) is 29.3 Å². The average molecular weight is 329 g/mol. The summed E-state index contributed by atoms with van der Waals surface area (Å²) < 4.78 is 2.74. The molecule has 0 bridgehead atoms. The van der Waals surface area contributed by atoms with Gasteiger partial charge in [-0.05, 0) is 42.7 Å². The molecule has 98 valence electrons. The van der Waals surface area contributed by atoms with E-state index < -0.39 is 0 Å². The minimum atomic E-state index is 0.165. The summed E-state index contributed by atoms with van der Waals surface area (Å²) in [6.45, 7) is 2.12. The van der Waals surface area contributed by atoms with E-state index in [1.54, 1.807) is 11.3 Å². The Morgan fingerprint density at radius 3 is 2.74 bits per heavy atom. The van der Waals surface area contributed by atoms with Crippen LogP contribution in [0.25, 0.3) is 11.0 Å². The molecule has 0 saturated heterocycles. The van der Waals surface area contributed by atoms with Gasteiger partial charge in [0.1, 0.15) is 0 Å². The number of rotatable bonds is 2. The number of H-pyrrole nitrogens is 1. The molecule has 0 spiro atoms. The number of halogens is 2. The number of aromatic amines is 1. The smallest absolute Gasteiger partial charge is 0.178 e. The maximum absolute atomic E-state index is 6.11. The van der Waals surface area contributed by atoms with Gasteiger partial charge in [-0.2, -0.15) is 0 Å². The molecule has 2 aromatic heterocycles. The normalized spacial score (nSPS) is 13.0. The van der Waals surface area contributed by atoms with Crippen molar-refractivity contribution in [2.45, 2.75) is 13.0 Å².